The summed E-state index contributed by atoms with van der Waals surface area (Å²) in [7, 11) is 0. The van der Waals surface area contributed by atoms with Crippen molar-refractivity contribution in [3.8, 4) is 0 Å². The van der Waals surface area contributed by atoms with Crippen molar-refractivity contribution in [3.05, 3.63) is 55.1 Å². The van der Waals surface area contributed by atoms with Crippen molar-refractivity contribution in [2.24, 2.45) is 5.73 Å². The second-order valence-corrected chi connectivity index (χ2v) is 5.52. The molecule has 0 saturated carbocycles. The average molecular weight is 339 g/mol. The van der Waals surface area contributed by atoms with Crippen LogP contribution < -0.4 is 5.73 Å². The standard InChI is InChI=1S/C11H7BrClF2NS/c12-8-5(1-2-7(14)9(8)15)10(16)11-6(13)3-4-17-11/h1-4,10H,16H2. The van der Waals surface area contributed by atoms with E-state index in [1.165, 1.54) is 17.4 Å². The molecule has 0 radical (unpaired) electrons. The molecule has 90 valence electrons. The van der Waals surface area contributed by atoms with Gasteiger partial charge in [0.25, 0.3) is 0 Å². The quantitative estimate of drug-likeness (QED) is 0.802. The Bertz CT molecular complexity index is 558. The Morgan fingerprint density at radius 2 is 2.00 bits per heavy atom. The van der Waals surface area contributed by atoms with Gasteiger partial charge in [-0.1, -0.05) is 17.7 Å². The Morgan fingerprint density at radius 3 is 2.59 bits per heavy atom. The minimum absolute atomic E-state index is 0.0365. The first-order valence-corrected chi connectivity index (χ1v) is 6.69. The number of hydrogen-bond acceptors (Lipinski definition) is 2. The zero-order valence-corrected chi connectivity index (χ0v) is 11.5. The third-order valence-corrected chi connectivity index (χ3v) is 4.57. The van der Waals surface area contributed by atoms with Crippen LogP contribution in [0, 0.1) is 11.6 Å². The summed E-state index contributed by atoms with van der Waals surface area (Å²) >= 11 is 10.3. The topological polar surface area (TPSA) is 26.0 Å². The van der Waals surface area contributed by atoms with E-state index < -0.39 is 17.7 Å². The van der Waals surface area contributed by atoms with Crippen LogP contribution in [0.5, 0.6) is 0 Å². The molecule has 1 unspecified atom stereocenters. The van der Waals surface area contributed by atoms with Gasteiger partial charge in [-0.2, -0.15) is 0 Å². The summed E-state index contributed by atoms with van der Waals surface area (Å²) < 4.78 is 26.4. The molecule has 1 heterocycles. The molecule has 2 aromatic rings. The van der Waals surface area contributed by atoms with Crippen LogP contribution in [-0.4, -0.2) is 0 Å². The van der Waals surface area contributed by atoms with E-state index in [0.717, 1.165) is 10.9 Å². The molecular formula is C11H7BrClF2NS. The number of hydrogen-bond donors (Lipinski definition) is 1. The van der Waals surface area contributed by atoms with Gasteiger partial charge in [0.1, 0.15) is 0 Å². The lowest BCUT2D eigenvalue weighted by atomic mass is 10.1. The first-order valence-electron chi connectivity index (χ1n) is 4.64. The van der Waals surface area contributed by atoms with Crippen molar-refractivity contribution >= 4 is 38.9 Å². The van der Waals surface area contributed by atoms with Crippen LogP contribution in [0.15, 0.2) is 28.1 Å². The van der Waals surface area contributed by atoms with Crippen LogP contribution in [0.25, 0.3) is 0 Å². The second kappa shape index (κ2) is 5.02. The molecule has 1 aromatic carbocycles. The van der Waals surface area contributed by atoms with Crippen LogP contribution >= 0.6 is 38.9 Å². The number of rotatable bonds is 2. The Kier molecular flexibility index (Phi) is 3.82. The van der Waals surface area contributed by atoms with E-state index in [1.54, 1.807) is 11.4 Å². The van der Waals surface area contributed by atoms with Crippen molar-refractivity contribution < 1.29 is 8.78 Å². The third-order valence-electron chi connectivity index (χ3n) is 2.33. The highest BCUT2D eigenvalue weighted by Gasteiger charge is 2.20. The molecule has 1 atom stereocenters. The first-order chi connectivity index (χ1) is 8.02. The smallest absolute Gasteiger partial charge is 0.173 e. The number of halogens is 4. The minimum Gasteiger partial charge on any atom is -0.320 e. The van der Waals surface area contributed by atoms with Crippen molar-refractivity contribution in [1.29, 1.82) is 0 Å². The largest absolute Gasteiger partial charge is 0.320 e. The molecule has 2 N–H and O–H groups in total. The molecule has 0 amide bonds. The van der Waals surface area contributed by atoms with E-state index in [1.807, 2.05) is 0 Å². The summed E-state index contributed by atoms with van der Waals surface area (Å²) in [5.74, 6) is -1.85. The van der Waals surface area contributed by atoms with Gasteiger partial charge in [0, 0.05) is 4.88 Å². The fourth-order valence-electron chi connectivity index (χ4n) is 1.45. The van der Waals surface area contributed by atoms with Gasteiger partial charge in [0.15, 0.2) is 11.6 Å². The molecule has 17 heavy (non-hydrogen) atoms. The highest BCUT2D eigenvalue weighted by Crippen LogP contribution is 2.35. The van der Waals surface area contributed by atoms with Gasteiger partial charge < -0.3 is 5.73 Å². The maximum absolute atomic E-state index is 13.4. The van der Waals surface area contributed by atoms with E-state index in [-0.39, 0.29) is 4.47 Å². The molecule has 0 aliphatic heterocycles. The van der Waals surface area contributed by atoms with Crippen LogP contribution in [-0.2, 0) is 0 Å². The fourth-order valence-corrected chi connectivity index (χ4v) is 3.21. The van der Waals surface area contributed by atoms with Gasteiger partial charge in [-0.3, -0.25) is 0 Å². The van der Waals surface area contributed by atoms with Gasteiger partial charge in [0.2, 0.25) is 0 Å². The Hall–Kier alpha value is -0.490. The molecule has 0 bridgehead atoms. The lowest BCUT2D eigenvalue weighted by molar-refractivity contribution is 0.501. The maximum atomic E-state index is 13.4. The third kappa shape index (κ3) is 2.38. The summed E-state index contributed by atoms with van der Waals surface area (Å²) in [5.41, 5.74) is 6.45. The molecule has 0 fully saturated rings. The summed E-state index contributed by atoms with van der Waals surface area (Å²) in [6.45, 7) is 0. The summed E-state index contributed by atoms with van der Waals surface area (Å²) in [6.07, 6.45) is 0. The number of nitrogens with two attached hydrogens (primary N) is 1. The molecule has 0 spiro atoms. The van der Waals surface area contributed by atoms with E-state index in [0.29, 0.717) is 10.6 Å². The Labute approximate surface area is 114 Å². The summed E-state index contributed by atoms with van der Waals surface area (Å²) in [5, 5.41) is 2.32. The second-order valence-electron chi connectivity index (χ2n) is 3.38. The van der Waals surface area contributed by atoms with Crippen molar-refractivity contribution in [3.63, 3.8) is 0 Å². The normalized spacial score (nSPS) is 12.8. The molecule has 1 nitrogen and oxygen atoms in total. The molecular weight excluding hydrogens is 332 g/mol. The lowest BCUT2D eigenvalue weighted by Crippen LogP contribution is -2.12. The van der Waals surface area contributed by atoms with Gasteiger partial charge in [-0.05, 0) is 39.0 Å². The van der Waals surface area contributed by atoms with E-state index in [9.17, 15) is 8.78 Å². The summed E-state index contributed by atoms with van der Waals surface area (Å²) in [6, 6.07) is 3.64. The van der Waals surface area contributed by atoms with Crippen LogP contribution in [0.3, 0.4) is 0 Å². The Balaban J connectivity index is 2.48. The molecule has 1 aromatic heterocycles. The highest BCUT2D eigenvalue weighted by molar-refractivity contribution is 9.10. The van der Waals surface area contributed by atoms with Crippen LogP contribution in [0.1, 0.15) is 16.5 Å². The number of benzene rings is 1. The zero-order valence-electron chi connectivity index (χ0n) is 8.38. The molecule has 6 heteroatoms. The maximum Gasteiger partial charge on any atom is 0.173 e. The number of thiophene rings is 1. The van der Waals surface area contributed by atoms with E-state index in [2.05, 4.69) is 15.9 Å². The molecule has 0 aliphatic rings. The van der Waals surface area contributed by atoms with E-state index in [4.69, 9.17) is 17.3 Å². The first kappa shape index (κ1) is 13.0. The Morgan fingerprint density at radius 1 is 1.29 bits per heavy atom. The minimum atomic E-state index is -0.939. The summed E-state index contributed by atoms with van der Waals surface area (Å²) in [4.78, 5) is 0.721. The van der Waals surface area contributed by atoms with E-state index >= 15 is 0 Å². The van der Waals surface area contributed by atoms with Crippen molar-refractivity contribution in [2.75, 3.05) is 0 Å². The van der Waals surface area contributed by atoms with Gasteiger partial charge in [-0.15, -0.1) is 11.3 Å². The van der Waals surface area contributed by atoms with Crippen LogP contribution in [0.4, 0.5) is 8.78 Å². The van der Waals surface area contributed by atoms with Gasteiger partial charge in [-0.25, -0.2) is 8.78 Å². The van der Waals surface area contributed by atoms with Crippen molar-refractivity contribution in [1.82, 2.24) is 0 Å². The fraction of sp³-hybridized carbons (Fsp3) is 0.0909. The van der Waals surface area contributed by atoms with Gasteiger partial charge in [0.05, 0.1) is 15.5 Å². The monoisotopic (exact) mass is 337 g/mol. The van der Waals surface area contributed by atoms with Crippen molar-refractivity contribution in [2.45, 2.75) is 6.04 Å². The zero-order chi connectivity index (χ0) is 12.6. The lowest BCUT2D eigenvalue weighted by Gasteiger charge is -2.13. The highest BCUT2D eigenvalue weighted by atomic mass is 79.9. The molecule has 0 aliphatic carbocycles. The van der Waals surface area contributed by atoms with Crippen LogP contribution in [0.2, 0.25) is 5.02 Å². The predicted molar refractivity (Wildman–Crippen MR) is 69.4 cm³/mol. The van der Waals surface area contributed by atoms with Gasteiger partial charge >= 0.3 is 0 Å². The molecule has 0 saturated heterocycles. The predicted octanol–water partition coefficient (Wildman–Crippen LogP) is 4.49. The molecule has 2 rings (SSSR count). The SMILES string of the molecule is NC(c1ccc(F)c(F)c1Br)c1sccc1Cl. The average Bonchev–Trinajstić information content (AvgIpc) is 2.72.